The van der Waals surface area contributed by atoms with Gasteiger partial charge >= 0.3 is 5.97 Å². The van der Waals surface area contributed by atoms with Crippen LogP contribution in [0.15, 0.2) is 59.5 Å². The zero-order valence-corrected chi connectivity index (χ0v) is 20.6. The van der Waals surface area contributed by atoms with Gasteiger partial charge in [-0.3, -0.25) is 4.79 Å². The largest absolute Gasteiger partial charge is 0.488 e. The highest BCUT2D eigenvalue weighted by atomic mass is 35.5. The van der Waals surface area contributed by atoms with Gasteiger partial charge in [-0.05, 0) is 43.0 Å². The van der Waals surface area contributed by atoms with Crippen molar-refractivity contribution in [1.29, 1.82) is 0 Å². The number of halogens is 1. The number of rotatable bonds is 9. The molecular formula is C27H30ClNO5. The van der Waals surface area contributed by atoms with Gasteiger partial charge in [0, 0.05) is 22.8 Å². The summed E-state index contributed by atoms with van der Waals surface area (Å²) in [4.78, 5) is 25.4. The Morgan fingerprint density at radius 2 is 1.85 bits per heavy atom. The molecule has 3 rings (SSSR count). The molecule has 1 heterocycles. The van der Waals surface area contributed by atoms with Gasteiger partial charge in [0.2, 0.25) is 0 Å². The van der Waals surface area contributed by atoms with Gasteiger partial charge in [0.05, 0.1) is 24.9 Å². The maximum atomic E-state index is 13.0. The third-order valence-corrected chi connectivity index (χ3v) is 6.07. The zero-order chi connectivity index (χ0) is 24.8. The number of aromatic nitrogens is 1. The van der Waals surface area contributed by atoms with Crippen LogP contribution in [0.2, 0.25) is 5.02 Å². The van der Waals surface area contributed by atoms with E-state index in [1.54, 1.807) is 17.6 Å². The summed E-state index contributed by atoms with van der Waals surface area (Å²) in [6.45, 7) is 7.77. The van der Waals surface area contributed by atoms with Crippen molar-refractivity contribution in [1.82, 2.24) is 4.57 Å². The van der Waals surface area contributed by atoms with E-state index in [1.165, 1.54) is 12.3 Å². The standard InChI is InChI=1S/C27H30ClNO5/c1-5-33-27(32)21-14-29(24(15-30)17(2)3)23(13-25(21)31)20-12-22(28)18(4)11-26(20)34-16-19-9-7-6-8-10-19/h6-14,17,24,30H,5,15-16H2,1-4H3/t24-/m0/s1. The summed E-state index contributed by atoms with van der Waals surface area (Å²) in [5, 5.41) is 10.7. The van der Waals surface area contributed by atoms with Gasteiger partial charge in [-0.15, -0.1) is 0 Å². The first-order valence-corrected chi connectivity index (χ1v) is 11.7. The van der Waals surface area contributed by atoms with Crippen molar-refractivity contribution in [3.05, 3.63) is 86.7 Å². The van der Waals surface area contributed by atoms with Crippen LogP contribution in [0.5, 0.6) is 5.75 Å². The van der Waals surface area contributed by atoms with E-state index in [0.29, 0.717) is 28.6 Å². The molecule has 3 aromatic rings. The van der Waals surface area contributed by atoms with Gasteiger partial charge in [-0.25, -0.2) is 4.79 Å². The molecule has 0 amide bonds. The first-order valence-electron chi connectivity index (χ1n) is 11.3. The maximum Gasteiger partial charge on any atom is 0.343 e. The molecule has 2 aromatic carbocycles. The molecule has 0 fully saturated rings. The second kappa shape index (κ2) is 11.4. The molecule has 0 spiro atoms. The average molecular weight is 484 g/mol. The number of aryl methyl sites for hydroxylation is 1. The first-order chi connectivity index (χ1) is 16.3. The second-order valence-electron chi connectivity index (χ2n) is 8.43. The molecule has 34 heavy (non-hydrogen) atoms. The lowest BCUT2D eigenvalue weighted by atomic mass is 10.0. The van der Waals surface area contributed by atoms with Crippen molar-refractivity contribution in [3.63, 3.8) is 0 Å². The molecule has 1 atom stereocenters. The van der Waals surface area contributed by atoms with E-state index in [9.17, 15) is 14.7 Å². The van der Waals surface area contributed by atoms with Crippen molar-refractivity contribution < 1.29 is 19.4 Å². The summed E-state index contributed by atoms with van der Waals surface area (Å²) in [7, 11) is 0. The van der Waals surface area contributed by atoms with Gasteiger partial charge in [0.1, 0.15) is 17.9 Å². The maximum absolute atomic E-state index is 13.0. The Morgan fingerprint density at radius 3 is 2.47 bits per heavy atom. The lowest BCUT2D eigenvalue weighted by Gasteiger charge is -2.27. The number of benzene rings is 2. The topological polar surface area (TPSA) is 77.8 Å². The summed E-state index contributed by atoms with van der Waals surface area (Å²) in [5.74, 6) is -0.144. The fourth-order valence-electron chi connectivity index (χ4n) is 3.73. The lowest BCUT2D eigenvalue weighted by Crippen LogP contribution is -2.26. The molecule has 0 aliphatic rings. The molecule has 180 valence electrons. The SMILES string of the molecule is CCOC(=O)c1cn([C@@H](CO)C(C)C)c(-c2cc(Cl)c(C)cc2OCc2ccccc2)cc1=O. The number of hydrogen-bond acceptors (Lipinski definition) is 5. The van der Waals surface area contributed by atoms with Crippen molar-refractivity contribution >= 4 is 17.6 Å². The third-order valence-electron chi connectivity index (χ3n) is 5.66. The molecule has 0 unspecified atom stereocenters. The van der Waals surface area contributed by atoms with E-state index in [-0.39, 0.29) is 24.7 Å². The van der Waals surface area contributed by atoms with E-state index in [0.717, 1.165) is 11.1 Å². The van der Waals surface area contributed by atoms with Gasteiger partial charge in [0.25, 0.3) is 0 Å². The Kier molecular flexibility index (Phi) is 8.53. The van der Waals surface area contributed by atoms with Gasteiger partial charge in [-0.2, -0.15) is 0 Å². The number of carbonyl (C=O) groups excluding carboxylic acids is 1. The smallest absolute Gasteiger partial charge is 0.343 e. The van der Waals surface area contributed by atoms with Crippen LogP contribution >= 0.6 is 11.6 Å². The fourth-order valence-corrected chi connectivity index (χ4v) is 3.90. The molecule has 0 bridgehead atoms. The van der Waals surface area contributed by atoms with E-state index >= 15 is 0 Å². The van der Waals surface area contributed by atoms with Crippen LogP contribution in [-0.4, -0.2) is 28.9 Å². The number of ether oxygens (including phenoxy) is 2. The van der Waals surface area contributed by atoms with Crippen LogP contribution in [0.3, 0.4) is 0 Å². The van der Waals surface area contributed by atoms with Crippen LogP contribution in [0.1, 0.15) is 48.3 Å². The van der Waals surface area contributed by atoms with E-state index in [4.69, 9.17) is 21.1 Å². The minimum absolute atomic E-state index is 0.0101. The molecule has 6 nitrogen and oxygen atoms in total. The van der Waals surface area contributed by atoms with Crippen molar-refractivity contribution in [2.45, 2.75) is 40.3 Å². The van der Waals surface area contributed by atoms with Crippen molar-refractivity contribution in [3.8, 4) is 17.0 Å². The summed E-state index contributed by atoms with van der Waals surface area (Å²) >= 11 is 6.48. The minimum Gasteiger partial charge on any atom is -0.488 e. The molecule has 1 N–H and O–H groups in total. The quantitative estimate of drug-likeness (QED) is 0.411. The average Bonchev–Trinajstić information content (AvgIpc) is 2.81. The Morgan fingerprint density at radius 1 is 1.15 bits per heavy atom. The minimum atomic E-state index is -0.698. The number of carbonyl (C=O) groups is 1. The Balaban J connectivity index is 2.20. The molecule has 0 saturated heterocycles. The molecule has 0 radical (unpaired) electrons. The Labute approximate surface area is 204 Å². The predicted octanol–water partition coefficient (Wildman–Crippen LogP) is 5.42. The molecule has 7 heteroatoms. The zero-order valence-electron chi connectivity index (χ0n) is 19.9. The number of esters is 1. The number of nitrogens with zero attached hydrogens (tertiary/aromatic N) is 1. The van der Waals surface area contributed by atoms with Crippen molar-refractivity contribution in [2.24, 2.45) is 5.92 Å². The van der Waals surface area contributed by atoms with Crippen molar-refractivity contribution in [2.75, 3.05) is 13.2 Å². The van der Waals surface area contributed by atoms with Crippen LogP contribution in [-0.2, 0) is 11.3 Å². The van der Waals surface area contributed by atoms with Crippen LogP contribution < -0.4 is 10.2 Å². The highest BCUT2D eigenvalue weighted by molar-refractivity contribution is 6.31. The highest BCUT2D eigenvalue weighted by Crippen LogP contribution is 2.37. The molecule has 0 saturated carbocycles. The highest BCUT2D eigenvalue weighted by Gasteiger charge is 2.24. The number of aliphatic hydroxyl groups is 1. The van der Waals surface area contributed by atoms with Crippen LogP contribution in [0.4, 0.5) is 0 Å². The van der Waals surface area contributed by atoms with Gasteiger partial charge in [0.15, 0.2) is 5.43 Å². The summed E-state index contributed by atoms with van der Waals surface area (Å²) in [5.41, 5.74) is 2.35. The van der Waals surface area contributed by atoms with E-state index in [1.807, 2.05) is 57.2 Å². The van der Waals surface area contributed by atoms with Gasteiger partial charge in [-0.1, -0.05) is 55.8 Å². The number of aliphatic hydroxyl groups excluding tert-OH is 1. The monoisotopic (exact) mass is 483 g/mol. The summed E-state index contributed by atoms with van der Waals surface area (Å²) < 4.78 is 13.0. The molecule has 1 aromatic heterocycles. The molecular weight excluding hydrogens is 454 g/mol. The molecule has 0 aliphatic heterocycles. The van der Waals surface area contributed by atoms with E-state index in [2.05, 4.69) is 0 Å². The summed E-state index contributed by atoms with van der Waals surface area (Å²) in [6, 6.07) is 14.3. The fraction of sp³-hybridized carbons (Fsp3) is 0.333. The number of pyridine rings is 1. The molecule has 0 aliphatic carbocycles. The van der Waals surface area contributed by atoms with Crippen LogP contribution in [0.25, 0.3) is 11.3 Å². The Hall–Kier alpha value is -3.09. The van der Waals surface area contributed by atoms with E-state index < -0.39 is 17.4 Å². The predicted molar refractivity (Wildman–Crippen MR) is 134 cm³/mol. The second-order valence-corrected chi connectivity index (χ2v) is 8.84. The lowest BCUT2D eigenvalue weighted by molar-refractivity contribution is 0.0523. The first kappa shape index (κ1) is 25.5. The van der Waals surface area contributed by atoms with Gasteiger partial charge < -0.3 is 19.1 Å². The normalized spacial score (nSPS) is 12.0. The summed E-state index contributed by atoms with van der Waals surface area (Å²) in [6.07, 6.45) is 1.46. The Bertz CT molecular complexity index is 1200. The third kappa shape index (κ3) is 5.69. The van der Waals surface area contributed by atoms with Crippen LogP contribution in [0, 0.1) is 12.8 Å². The number of hydrogen-bond donors (Lipinski definition) is 1.